The average Bonchev–Trinajstić information content (AvgIpc) is 2.64. The van der Waals surface area contributed by atoms with E-state index < -0.39 is 6.16 Å². The van der Waals surface area contributed by atoms with Crippen molar-refractivity contribution in [3.05, 3.63) is 24.3 Å². The molecule has 1 rings (SSSR count). The van der Waals surface area contributed by atoms with Crippen LogP contribution in [0.4, 0.5) is 4.79 Å². The molecule has 1 aromatic rings. The van der Waals surface area contributed by atoms with Crippen LogP contribution in [0.25, 0.3) is 0 Å². The van der Waals surface area contributed by atoms with E-state index >= 15 is 0 Å². The Morgan fingerprint density at radius 2 is 1.58 bits per heavy atom. The Hall–Kier alpha value is -1.98. The first kappa shape index (κ1) is 22.1. The number of ether oxygens (including phenoxy) is 3. The van der Waals surface area contributed by atoms with Crippen LogP contribution in [-0.2, 0) is 9.53 Å². The average molecular weight is 360 g/mol. The SMILES string of the molecule is [B]CCCC(CCC)C(=O)Oc1ccc(OC(=O)OCCCCC)cc1. The Labute approximate surface area is 157 Å². The van der Waals surface area contributed by atoms with E-state index in [0.29, 0.717) is 24.4 Å². The van der Waals surface area contributed by atoms with Gasteiger partial charge in [-0.3, -0.25) is 4.79 Å². The van der Waals surface area contributed by atoms with Crippen LogP contribution in [0.1, 0.15) is 58.8 Å². The van der Waals surface area contributed by atoms with Crippen LogP contribution in [0.2, 0.25) is 6.32 Å². The minimum Gasteiger partial charge on any atom is -0.434 e. The number of esters is 1. The third-order valence-corrected chi connectivity index (χ3v) is 3.94. The summed E-state index contributed by atoms with van der Waals surface area (Å²) < 4.78 is 15.5. The summed E-state index contributed by atoms with van der Waals surface area (Å²) in [6.45, 7) is 4.47. The zero-order valence-electron chi connectivity index (χ0n) is 15.9. The summed E-state index contributed by atoms with van der Waals surface area (Å²) >= 11 is 0. The maximum absolute atomic E-state index is 12.3. The Morgan fingerprint density at radius 1 is 0.923 bits per heavy atom. The summed E-state index contributed by atoms with van der Waals surface area (Å²) in [5.74, 6) is 0.382. The number of rotatable bonds is 12. The van der Waals surface area contributed by atoms with E-state index in [4.69, 9.17) is 22.1 Å². The zero-order valence-corrected chi connectivity index (χ0v) is 15.9. The molecular weight excluding hydrogens is 331 g/mol. The summed E-state index contributed by atoms with van der Waals surface area (Å²) in [6.07, 6.45) is 5.96. The molecule has 0 aromatic heterocycles. The second kappa shape index (κ2) is 13.3. The quantitative estimate of drug-likeness (QED) is 0.171. The second-order valence-electron chi connectivity index (χ2n) is 6.22. The van der Waals surface area contributed by atoms with E-state index in [1.54, 1.807) is 24.3 Å². The lowest BCUT2D eigenvalue weighted by molar-refractivity contribution is -0.139. The van der Waals surface area contributed by atoms with E-state index in [-0.39, 0.29) is 11.9 Å². The van der Waals surface area contributed by atoms with Gasteiger partial charge in [0.2, 0.25) is 0 Å². The van der Waals surface area contributed by atoms with Gasteiger partial charge in [0.1, 0.15) is 11.5 Å². The Bertz CT molecular complexity index is 530. The minimum atomic E-state index is -0.726. The van der Waals surface area contributed by atoms with E-state index in [0.717, 1.165) is 44.9 Å². The molecule has 0 amide bonds. The number of hydrogen-bond acceptors (Lipinski definition) is 5. The van der Waals surface area contributed by atoms with Crippen LogP contribution in [0.15, 0.2) is 24.3 Å². The molecule has 6 heteroatoms. The van der Waals surface area contributed by atoms with E-state index in [2.05, 4.69) is 6.92 Å². The molecule has 5 nitrogen and oxygen atoms in total. The van der Waals surface area contributed by atoms with Crippen LogP contribution in [-0.4, -0.2) is 26.6 Å². The van der Waals surface area contributed by atoms with Gasteiger partial charge in [-0.1, -0.05) is 45.9 Å². The fourth-order valence-corrected chi connectivity index (χ4v) is 2.50. The van der Waals surface area contributed by atoms with Gasteiger partial charge in [0, 0.05) is 0 Å². The highest BCUT2D eigenvalue weighted by molar-refractivity contribution is 6.08. The van der Waals surface area contributed by atoms with Crippen LogP contribution in [0.3, 0.4) is 0 Å². The van der Waals surface area contributed by atoms with Crippen LogP contribution in [0.5, 0.6) is 11.5 Å². The minimum absolute atomic E-state index is 0.141. The van der Waals surface area contributed by atoms with Crippen molar-refractivity contribution in [3.63, 3.8) is 0 Å². The fraction of sp³-hybridized carbons (Fsp3) is 0.600. The molecule has 2 radical (unpaired) electrons. The van der Waals surface area contributed by atoms with Crippen LogP contribution in [0, 0.1) is 5.92 Å². The highest BCUT2D eigenvalue weighted by atomic mass is 16.7. The normalized spacial score (nSPS) is 11.6. The maximum atomic E-state index is 12.3. The first-order chi connectivity index (χ1) is 12.6. The summed E-state index contributed by atoms with van der Waals surface area (Å²) in [4.78, 5) is 23.8. The molecule has 0 bridgehead atoms. The lowest BCUT2D eigenvalue weighted by Gasteiger charge is -2.15. The molecule has 0 heterocycles. The summed E-state index contributed by atoms with van der Waals surface area (Å²) in [5, 5.41) is 0. The van der Waals surface area contributed by atoms with Gasteiger partial charge in [-0.2, -0.15) is 0 Å². The third-order valence-electron chi connectivity index (χ3n) is 3.94. The first-order valence-corrected chi connectivity index (χ1v) is 9.47. The molecule has 142 valence electrons. The molecule has 0 N–H and O–H groups in total. The maximum Gasteiger partial charge on any atom is 0.513 e. The number of unbranched alkanes of at least 4 members (excludes halogenated alkanes) is 2. The summed E-state index contributed by atoms with van der Waals surface area (Å²) in [7, 11) is 5.52. The molecule has 0 saturated carbocycles. The lowest BCUT2D eigenvalue weighted by Crippen LogP contribution is -2.20. The summed E-state index contributed by atoms with van der Waals surface area (Å²) in [5.41, 5.74) is 0. The van der Waals surface area contributed by atoms with Crippen molar-refractivity contribution >= 4 is 20.0 Å². The Kier molecular flexibility index (Phi) is 11.3. The van der Waals surface area contributed by atoms with Crippen LogP contribution < -0.4 is 9.47 Å². The Morgan fingerprint density at radius 3 is 2.15 bits per heavy atom. The second-order valence-corrected chi connectivity index (χ2v) is 6.22. The highest BCUT2D eigenvalue weighted by Gasteiger charge is 2.19. The molecule has 0 aliphatic carbocycles. The molecule has 0 spiro atoms. The number of hydrogen-bond donors (Lipinski definition) is 0. The predicted molar refractivity (Wildman–Crippen MR) is 102 cm³/mol. The van der Waals surface area contributed by atoms with Crippen molar-refractivity contribution in [1.82, 2.24) is 0 Å². The Balaban J connectivity index is 2.47. The molecule has 1 atom stereocenters. The van der Waals surface area contributed by atoms with Gasteiger partial charge in [-0.05, 0) is 43.5 Å². The molecule has 1 aromatic carbocycles. The van der Waals surface area contributed by atoms with Gasteiger partial charge in [0.05, 0.1) is 20.4 Å². The van der Waals surface area contributed by atoms with Gasteiger partial charge in [-0.25, -0.2) is 4.79 Å². The van der Waals surface area contributed by atoms with Gasteiger partial charge in [0.25, 0.3) is 0 Å². The third kappa shape index (κ3) is 8.93. The smallest absolute Gasteiger partial charge is 0.434 e. The van der Waals surface area contributed by atoms with Gasteiger partial charge < -0.3 is 14.2 Å². The van der Waals surface area contributed by atoms with Gasteiger partial charge >= 0.3 is 12.1 Å². The zero-order chi connectivity index (χ0) is 19.2. The molecular formula is C20H29BO5. The molecule has 0 aliphatic rings. The number of benzene rings is 1. The molecule has 26 heavy (non-hydrogen) atoms. The molecule has 0 saturated heterocycles. The van der Waals surface area contributed by atoms with Gasteiger partial charge in [-0.15, -0.1) is 0 Å². The van der Waals surface area contributed by atoms with Gasteiger partial charge in [0.15, 0.2) is 0 Å². The van der Waals surface area contributed by atoms with Crippen molar-refractivity contribution in [2.45, 2.75) is 65.1 Å². The number of carbonyl (C=O) groups is 2. The molecule has 1 unspecified atom stereocenters. The highest BCUT2D eigenvalue weighted by Crippen LogP contribution is 2.22. The number of carbonyl (C=O) groups excluding carboxylic acids is 2. The van der Waals surface area contributed by atoms with Crippen molar-refractivity contribution in [1.29, 1.82) is 0 Å². The topological polar surface area (TPSA) is 61.8 Å². The van der Waals surface area contributed by atoms with E-state index in [9.17, 15) is 9.59 Å². The van der Waals surface area contributed by atoms with Crippen molar-refractivity contribution in [2.75, 3.05) is 6.61 Å². The van der Waals surface area contributed by atoms with E-state index in [1.807, 2.05) is 6.92 Å². The fourth-order valence-electron chi connectivity index (χ4n) is 2.50. The van der Waals surface area contributed by atoms with Crippen LogP contribution >= 0.6 is 0 Å². The van der Waals surface area contributed by atoms with Crippen molar-refractivity contribution in [3.8, 4) is 11.5 Å². The van der Waals surface area contributed by atoms with Crippen molar-refractivity contribution < 1.29 is 23.8 Å². The molecule has 0 aliphatic heterocycles. The standard InChI is InChI=1S/C20H29BO5/c1-3-5-6-15-24-20(23)26-18-12-10-17(11-13-18)25-19(22)16(8-4-2)9-7-14-21/h10-13,16H,3-9,14-15H2,1-2H3. The predicted octanol–water partition coefficient (Wildman–Crippen LogP) is 5.08. The largest absolute Gasteiger partial charge is 0.513 e. The molecule has 0 fully saturated rings. The first-order valence-electron chi connectivity index (χ1n) is 9.47. The monoisotopic (exact) mass is 360 g/mol. The lowest BCUT2D eigenvalue weighted by atomic mass is 9.92. The van der Waals surface area contributed by atoms with E-state index in [1.165, 1.54) is 0 Å². The van der Waals surface area contributed by atoms with Crippen molar-refractivity contribution in [2.24, 2.45) is 5.92 Å². The summed E-state index contributed by atoms with van der Waals surface area (Å²) in [6, 6.07) is 6.35.